The Balaban J connectivity index is 1.61. The van der Waals surface area contributed by atoms with Gasteiger partial charge in [0.05, 0.1) is 16.5 Å². The molecule has 2 aromatic heterocycles. The SMILES string of the molecule is Cc1ccc2c(=O)[nH]c(C(C#N)=Cc3ccccc3OCC(=O)Nc3nccs3)nc2c1. The second-order valence-corrected chi connectivity index (χ2v) is 7.71. The average molecular weight is 443 g/mol. The number of anilines is 1. The summed E-state index contributed by atoms with van der Waals surface area (Å²) >= 11 is 1.31. The number of nitrogens with one attached hydrogen (secondary N) is 2. The zero-order valence-corrected chi connectivity index (χ0v) is 17.8. The van der Waals surface area contributed by atoms with E-state index >= 15 is 0 Å². The number of aromatic amines is 1. The molecule has 0 aliphatic carbocycles. The lowest BCUT2D eigenvalue weighted by atomic mass is 10.1. The maximum atomic E-state index is 12.5. The molecule has 0 bridgehead atoms. The minimum absolute atomic E-state index is 0.159. The minimum atomic E-state index is -0.352. The van der Waals surface area contributed by atoms with Crippen molar-refractivity contribution in [2.75, 3.05) is 11.9 Å². The van der Waals surface area contributed by atoms with Gasteiger partial charge in [-0.15, -0.1) is 11.3 Å². The number of nitrogens with zero attached hydrogens (tertiary/aromatic N) is 3. The first-order valence-electron chi connectivity index (χ1n) is 9.57. The van der Waals surface area contributed by atoms with Gasteiger partial charge in [0, 0.05) is 17.1 Å². The van der Waals surface area contributed by atoms with Crippen molar-refractivity contribution in [3.05, 3.63) is 81.3 Å². The van der Waals surface area contributed by atoms with Gasteiger partial charge < -0.3 is 9.72 Å². The van der Waals surface area contributed by atoms with E-state index in [4.69, 9.17) is 4.74 Å². The van der Waals surface area contributed by atoms with Crippen LogP contribution < -0.4 is 15.6 Å². The molecule has 32 heavy (non-hydrogen) atoms. The number of fused-ring (bicyclic) bond motifs is 1. The topological polar surface area (TPSA) is 121 Å². The minimum Gasteiger partial charge on any atom is -0.483 e. The van der Waals surface area contributed by atoms with Crippen LogP contribution in [0, 0.1) is 18.3 Å². The van der Waals surface area contributed by atoms with E-state index < -0.39 is 0 Å². The first kappa shape index (κ1) is 21.0. The number of allylic oxidation sites excluding steroid dienone is 1. The number of carbonyl (C=O) groups is 1. The summed E-state index contributed by atoms with van der Waals surface area (Å²) in [6, 6.07) is 14.4. The predicted octanol–water partition coefficient (Wildman–Crippen LogP) is 3.77. The number of aryl methyl sites for hydroxylation is 1. The molecule has 2 heterocycles. The van der Waals surface area contributed by atoms with Gasteiger partial charge in [-0.2, -0.15) is 5.26 Å². The van der Waals surface area contributed by atoms with Crippen LogP contribution in [0.4, 0.5) is 5.13 Å². The monoisotopic (exact) mass is 443 g/mol. The molecule has 4 rings (SSSR count). The maximum Gasteiger partial charge on any atom is 0.264 e. The summed E-state index contributed by atoms with van der Waals surface area (Å²) in [4.78, 5) is 35.7. The van der Waals surface area contributed by atoms with E-state index in [0.717, 1.165) is 5.56 Å². The van der Waals surface area contributed by atoms with Crippen LogP contribution in [0.5, 0.6) is 5.75 Å². The third-order valence-electron chi connectivity index (χ3n) is 4.49. The van der Waals surface area contributed by atoms with Crippen molar-refractivity contribution in [1.29, 1.82) is 5.26 Å². The second-order valence-electron chi connectivity index (χ2n) is 6.82. The molecule has 0 spiro atoms. The Bertz CT molecular complexity index is 1420. The zero-order chi connectivity index (χ0) is 22.5. The van der Waals surface area contributed by atoms with Crippen molar-refractivity contribution < 1.29 is 9.53 Å². The largest absolute Gasteiger partial charge is 0.483 e. The van der Waals surface area contributed by atoms with Crippen LogP contribution in [0.2, 0.25) is 0 Å². The van der Waals surface area contributed by atoms with Gasteiger partial charge in [-0.1, -0.05) is 24.3 Å². The molecule has 0 fully saturated rings. The molecule has 0 aliphatic heterocycles. The van der Waals surface area contributed by atoms with E-state index in [1.807, 2.05) is 13.0 Å². The smallest absolute Gasteiger partial charge is 0.264 e. The molecule has 158 valence electrons. The fourth-order valence-corrected chi connectivity index (χ4v) is 3.55. The summed E-state index contributed by atoms with van der Waals surface area (Å²) in [5.74, 6) is 0.218. The lowest BCUT2D eigenvalue weighted by molar-refractivity contribution is -0.118. The van der Waals surface area contributed by atoms with Crippen LogP contribution in [0.15, 0.2) is 58.8 Å². The number of hydrogen-bond acceptors (Lipinski definition) is 7. The van der Waals surface area contributed by atoms with Crippen LogP contribution in [-0.2, 0) is 4.79 Å². The van der Waals surface area contributed by atoms with E-state index in [1.165, 1.54) is 11.3 Å². The number of H-pyrrole nitrogens is 1. The summed E-state index contributed by atoms with van der Waals surface area (Å²) in [6.07, 6.45) is 3.16. The number of ether oxygens (including phenoxy) is 1. The first-order chi connectivity index (χ1) is 15.5. The Kier molecular flexibility index (Phi) is 6.05. The van der Waals surface area contributed by atoms with E-state index in [-0.39, 0.29) is 29.5 Å². The van der Waals surface area contributed by atoms with Gasteiger partial charge in [0.2, 0.25) is 0 Å². The molecule has 2 aromatic carbocycles. The molecule has 2 N–H and O–H groups in total. The molecule has 8 nitrogen and oxygen atoms in total. The van der Waals surface area contributed by atoms with Gasteiger partial charge in [-0.3, -0.25) is 14.9 Å². The van der Waals surface area contributed by atoms with Gasteiger partial charge in [0.25, 0.3) is 11.5 Å². The Hall–Kier alpha value is -4.29. The average Bonchev–Trinajstić information content (AvgIpc) is 3.29. The molecule has 0 aliphatic rings. The lowest BCUT2D eigenvalue weighted by Gasteiger charge is -2.09. The van der Waals surface area contributed by atoms with Gasteiger partial charge in [-0.05, 0) is 36.8 Å². The Morgan fingerprint density at radius 1 is 1.31 bits per heavy atom. The summed E-state index contributed by atoms with van der Waals surface area (Å²) in [6.45, 7) is 1.68. The van der Waals surface area contributed by atoms with Crippen molar-refractivity contribution >= 4 is 44.9 Å². The highest BCUT2D eigenvalue weighted by atomic mass is 32.1. The number of hydrogen-bond donors (Lipinski definition) is 2. The summed E-state index contributed by atoms with van der Waals surface area (Å²) in [5, 5.41) is 15.1. The normalized spacial score (nSPS) is 11.2. The molecule has 4 aromatic rings. The van der Waals surface area contributed by atoms with Crippen molar-refractivity contribution in [3.63, 3.8) is 0 Å². The number of para-hydroxylation sites is 1. The van der Waals surface area contributed by atoms with E-state index in [9.17, 15) is 14.9 Å². The highest BCUT2D eigenvalue weighted by Gasteiger charge is 2.11. The van der Waals surface area contributed by atoms with Crippen molar-refractivity contribution in [3.8, 4) is 11.8 Å². The van der Waals surface area contributed by atoms with Crippen LogP contribution >= 0.6 is 11.3 Å². The number of amides is 1. The standard InChI is InChI=1S/C23H17N5O3S/c1-14-6-7-17-18(10-14)26-21(28-22(17)30)16(12-24)11-15-4-2-3-5-19(15)31-13-20(29)27-23-25-8-9-32-23/h2-11H,13H2,1H3,(H,25,27,29)(H,26,28,30). The molecule has 0 atom stereocenters. The van der Waals surface area contributed by atoms with Gasteiger partial charge in [0.15, 0.2) is 17.6 Å². The fourth-order valence-electron chi connectivity index (χ4n) is 3.00. The molecule has 0 saturated carbocycles. The quantitative estimate of drug-likeness (QED) is 0.438. The predicted molar refractivity (Wildman–Crippen MR) is 123 cm³/mol. The number of thiazole rings is 1. The van der Waals surface area contributed by atoms with Gasteiger partial charge >= 0.3 is 0 Å². The second kappa shape index (κ2) is 9.24. The van der Waals surface area contributed by atoms with Crippen LogP contribution in [-0.4, -0.2) is 27.5 Å². The Morgan fingerprint density at radius 2 is 2.16 bits per heavy atom. The number of nitriles is 1. The van der Waals surface area contributed by atoms with E-state index in [2.05, 4.69) is 26.3 Å². The number of benzene rings is 2. The summed E-state index contributed by atoms with van der Waals surface area (Å²) in [7, 11) is 0. The molecule has 9 heteroatoms. The van der Waals surface area contributed by atoms with E-state index in [0.29, 0.717) is 27.3 Å². The highest BCUT2D eigenvalue weighted by molar-refractivity contribution is 7.13. The van der Waals surface area contributed by atoms with Gasteiger partial charge in [0.1, 0.15) is 11.8 Å². The number of carbonyl (C=O) groups excluding carboxylic acids is 1. The molecule has 0 unspecified atom stereocenters. The first-order valence-corrected chi connectivity index (χ1v) is 10.5. The summed E-state index contributed by atoms with van der Waals surface area (Å²) in [5.41, 5.74) is 1.87. The summed E-state index contributed by atoms with van der Waals surface area (Å²) < 4.78 is 5.66. The zero-order valence-electron chi connectivity index (χ0n) is 17.0. The molecular weight excluding hydrogens is 426 g/mol. The Morgan fingerprint density at radius 3 is 2.94 bits per heavy atom. The van der Waals surface area contributed by atoms with Crippen LogP contribution in [0.1, 0.15) is 17.0 Å². The lowest BCUT2D eigenvalue weighted by Crippen LogP contribution is -2.20. The number of rotatable bonds is 6. The number of aromatic nitrogens is 3. The van der Waals surface area contributed by atoms with Crippen LogP contribution in [0.3, 0.4) is 0 Å². The molecule has 0 saturated heterocycles. The van der Waals surface area contributed by atoms with Crippen molar-refractivity contribution in [2.45, 2.75) is 6.92 Å². The third-order valence-corrected chi connectivity index (χ3v) is 5.18. The molecular formula is C23H17N5O3S. The molecule has 1 amide bonds. The van der Waals surface area contributed by atoms with Gasteiger partial charge in [-0.25, -0.2) is 9.97 Å². The maximum absolute atomic E-state index is 12.5. The van der Waals surface area contributed by atoms with Crippen LogP contribution in [0.25, 0.3) is 22.6 Å². The Labute approximate surface area is 186 Å². The third kappa shape index (κ3) is 4.71. The van der Waals surface area contributed by atoms with E-state index in [1.54, 1.807) is 54.1 Å². The van der Waals surface area contributed by atoms with Crippen molar-refractivity contribution in [1.82, 2.24) is 15.0 Å². The fraction of sp³-hybridized carbons (Fsp3) is 0.0870. The van der Waals surface area contributed by atoms with Crippen molar-refractivity contribution in [2.24, 2.45) is 0 Å². The molecule has 0 radical (unpaired) electrons. The highest BCUT2D eigenvalue weighted by Crippen LogP contribution is 2.24.